The fraction of sp³-hybridized carbons (Fsp3) is 0.526. The average molecular weight is 342 g/mol. The van der Waals surface area contributed by atoms with Gasteiger partial charge in [-0.3, -0.25) is 9.59 Å². The number of benzene rings is 1. The van der Waals surface area contributed by atoms with Gasteiger partial charge in [0.25, 0.3) is 0 Å². The standard InChI is InChI=1S/C19H26N4O2/c1-4-22-15-9-6-5-8-14(15)21-17(22)12-20-18(24)16-10-7-11-23(16)19(25)13(2)3/h5-6,8-9,13,16H,4,7,10-12H2,1-3H3,(H,20,24). The predicted octanol–water partition coefficient (Wildman–Crippen LogP) is 2.32. The summed E-state index contributed by atoms with van der Waals surface area (Å²) < 4.78 is 2.11. The van der Waals surface area contributed by atoms with E-state index in [4.69, 9.17) is 0 Å². The fourth-order valence-electron chi connectivity index (χ4n) is 3.53. The lowest BCUT2D eigenvalue weighted by atomic mass is 10.1. The van der Waals surface area contributed by atoms with E-state index in [1.165, 1.54) is 0 Å². The second-order valence-corrected chi connectivity index (χ2v) is 6.82. The molecule has 2 aromatic rings. The molecule has 0 spiro atoms. The Morgan fingerprint density at radius 1 is 1.32 bits per heavy atom. The number of nitrogens with zero attached hydrogens (tertiary/aromatic N) is 3. The van der Waals surface area contributed by atoms with Gasteiger partial charge in [-0.2, -0.15) is 0 Å². The number of carbonyl (C=O) groups excluding carboxylic acids is 2. The molecule has 2 heterocycles. The number of para-hydroxylation sites is 2. The number of imidazole rings is 1. The number of rotatable bonds is 5. The molecule has 0 aliphatic carbocycles. The number of aromatic nitrogens is 2. The van der Waals surface area contributed by atoms with Crippen molar-refractivity contribution >= 4 is 22.8 Å². The molecule has 6 heteroatoms. The molecule has 1 aliphatic rings. The molecular formula is C19H26N4O2. The van der Waals surface area contributed by atoms with E-state index < -0.39 is 0 Å². The molecule has 1 fully saturated rings. The minimum Gasteiger partial charge on any atom is -0.347 e. The van der Waals surface area contributed by atoms with Gasteiger partial charge in [0.2, 0.25) is 11.8 Å². The van der Waals surface area contributed by atoms with Gasteiger partial charge in [-0.05, 0) is 31.9 Å². The second kappa shape index (κ2) is 7.25. The number of aryl methyl sites for hydroxylation is 1. The van der Waals surface area contributed by atoms with E-state index in [-0.39, 0.29) is 23.8 Å². The zero-order valence-corrected chi connectivity index (χ0v) is 15.2. The molecule has 1 saturated heterocycles. The number of hydrogen-bond donors (Lipinski definition) is 1. The molecule has 1 unspecified atom stereocenters. The first-order valence-electron chi connectivity index (χ1n) is 9.05. The van der Waals surface area contributed by atoms with Gasteiger partial charge < -0.3 is 14.8 Å². The van der Waals surface area contributed by atoms with Crippen molar-refractivity contribution in [2.45, 2.75) is 52.7 Å². The predicted molar refractivity (Wildman–Crippen MR) is 96.8 cm³/mol. The van der Waals surface area contributed by atoms with Crippen LogP contribution in [-0.2, 0) is 22.7 Å². The van der Waals surface area contributed by atoms with Crippen molar-refractivity contribution in [1.82, 2.24) is 19.8 Å². The minimum atomic E-state index is -0.352. The van der Waals surface area contributed by atoms with Gasteiger partial charge in [0, 0.05) is 19.0 Å². The first-order valence-corrected chi connectivity index (χ1v) is 9.05. The van der Waals surface area contributed by atoms with E-state index in [9.17, 15) is 9.59 Å². The zero-order valence-electron chi connectivity index (χ0n) is 15.2. The summed E-state index contributed by atoms with van der Waals surface area (Å²) in [5.74, 6) is 0.731. The molecule has 1 aromatic carbocycles. The summed E-state index contributed by atoms with van der Waals surface area (Å²) in [4.78, 5) is 31.3. The van der Waals surface area contributed by atoms with Gasteiger partial charge in [-0.1, -0.05) is 26.0 Å². The first-order chi connectivity index (χ1) is 12.0. The van der Waals surface area contributed by atoms with Crippen LogP contribution in [0.5, 0.6) is 0 Å². The van der Waals surface area contributed by atoms with Crippen LogP contribution < -0.4 is 5.32 Å². The minimum absolute atomic E-state index is 0.0541. The number of amides is 2. The molecule has 1 aliphatic heterocycles. The van der Waals surface area contributed by atoms with Gasteiger partial charge >= 0.3 is 0 Å². The van der Waals surface area contributed by atoms with E-state index in [2.05, 4.69) is 21.8 Å². The smallest absolute Gasteiger partial charge is 0.243 e. The number of nitrogens with one attached hydrogen (secondary N) is 1. The molecule has 25 heavy (non-hydrogen) atoms. The van der Waals surface area contributed by atoms with Crippen LogP contribution in [0.3, 0.4) is 0 Å². The molecule has 0 saturated carbocycles. The van der Waals surface area contributed by atoms with Crippen molar-refractivity contribution in [2.75, 3.05) is 6.54 Å². The Bertz CT molecular complexity index is 781. The highest BCUT2D eigenvalue weighted by molar-refractivity contribution is 5.89. The number of carbonyl (C=O) groups is 2. The largest absolute Gasteiger partial charge is 0.347 e. The normalized spacial score (nSPS) is 17.4. The quantitative estimate of drug-likeness (QED) is 0.907. The van der Waals surface area contributed by atoms with Crippen molar-refractivity contribution < 1.29 is 9.59 Å². The van der Waals surface area contributed by atoms with Gasteiger partial charge in [0.1, 0.15) is 11.9 Å². The highest BCUT2D eigenvalue weighted by atomic mass is 16.2. The zero-order chi connectivity index (χ0) is 18.0. The molecule has 1 aromatic heterocycles. The maximum atomic E-state index is 12.6. The van der Waals surface area contributed by atoms with Crippen molar-refractivity contribution in [1.29, 1.82) is 0 Å². The van der Waals surface area contributed by atoms with Crippen molar-refractivity contribution in [3.05, 3.63) is 30.1 Å². The van der Waals surface area contributed by atoms with Gasteiger partial charge in [-0.25, -0.2) is 4.98 Å². The summed E-state index contributed by atoms with van der Waals surface area (Å²) in [6.07, 6.45) is 1.61. The topological polar surface area (TPSA) is 67.2 Å². The Kier molecular flexibility index (Phi) is 5.06. The third-order valence-corrected chi connectivity index (χ3v) is 4.80. The summed E-state index contributed by atoms with van der Waals surface area (Å²) in [5, 5.41) is 2.98. The van der Waals surface area contributed by atoms with Crippen LogP contribution >= 0.6 is 0 Å². The van der Waals surface area contributed by atoms with E-state index in [1.807, 2.05) is 38.1 Å². The summed E-state index contributed by atoms with van der Waals surface area (Å²) in [6, 6.07) is 7.62. The van der Waals surface area contributed by atoms with Gasteiger partial charge in [0.15, 0.2) is 0 Å². The molecular weight excluding hydrogens is 316 g/mol. The highest BCUT2D eigenvalue weighted by Gasteiger charge is 2.34. The van der Waals surface area contributed by atoms with Crippen LogP contribution in [0.4, 0.5) is 0 Å². The van der Waals surface area contributed by atoms with Gasteiger partial charge in [-0.15, -0.1) is 0 Å². The Morgan fingerprint density at radius 3 is 2.80 bits per heavy atom. The summed E-state index contributed by atoms with van der Waals surface area (Å²) >= 11 is 0. The van der Waals surface area contributed by atoms with Crippen LogP contribution in [0.25, 0.3) is 11.0 Å². The number of hydrogen-bond acceptors (Lipinski definition) is 3. The van der Waals surface area contributed by atoms with Crippen molar-refractivity contribution in [3.8, 4) is 0 Å². The van der Waals surface area contributed by atoms with E-state index in [1.54, 1.807) is 4.90 Å². The molecule has 1 N–H and O–H groups in total. The molecule has 0 radical (unpaired) electrons. The Labute approximate surface area is 148 Å². The summed E-state index contributed by atoms with van der Waals surface area (Å²) in [6.45, 7) is 7.66. The average Bonchev–Trinajstić information content (AvgIpc) is 3.22. The maximum Gasteiger partial charge on any atom is 0.243 e. The van der Waals surface area contributed by atoms with Crippen LogP contribution in [-0.4, -0.2) is 38.9 Å². The summed E-state index contributed by atoms with van der Waals surface area (Å²) in [5.41, 5.74) is 2.01. The lowest BCUT2D eigenvalue weighted by Crippen LogP contribution is -2.47. The molecule has 134 valence electrons. The van der Waals surface area contributed by atoms with Crippen LogP contribution in [0, 0.1) is 5.92 Å². The second-order valence-electron chi connectivity index (χ2n) is 6.82. The maximum absolute atomic E-state index is 12.6. The molecule has 1 atom stereocenters. The number of likely N-dealkylation sites (tertiary alicyclic amines) is 1. The van der Waals surface area contributed by atoms with Gasteiger partial charge in [0.05, 0.1) is 17.6 Å². The SMILES string of the molecule is CCn1c(CNC(=O)C2CCCN2C(=O)C(C)C)nc2ccccc21. The fourth-order valence-corrected chi connectivity index (χ4v) is 3.53. The van der Waals surface area contributed by atoms with Crippen LogP contribution in [0.15, 0.2) is 24.3 Å². The van der Waals surface area contributed by atoms with E-state index in [0.717, 1.165) is 36.2 Å². The third-order valence-electron chi connectivity index (χ3n) is 4.80. The third kappa shape index (κ3) is 3.38. The molecule has 3 rings (SSSR count). The Hall–Kier alpha value is -2.37. The van der Waals surface area contributed by atoms with E-state index in [0.29, 0.717) is 13.1 Å². The van der Waals surface area contributed by atoms with Crippen LogP contribution in [0.1, 0.15) is 39.4 Å². The highest BCUT2D eigenvalue weighted by Crippen LogP contribution is 2.20. The molecule has 2 amide bonds. The Morgan fingerprint density at radius 2 is 2.08 bits per heavy atom. The van der Waals surface area contributed by atoms with Crippen molar-refractivity contribution in [3.63, 3.8) is 0 Å². The van der Waals surface area contributed by atoms with E-state index >= 15 is 0 Å². The van der Waals surface area contributed by atoms with Crippen molar-refractivity contribution in [2.24, 2.45) is 5.92 Å². The monoisotopic (exact) mass is 342 g/mol. The Balaban J connectivity index is 1.71. The lowest BCUT2D eigenvalue weighted by molar-refractivity contribution is -0.140. The first kappa shape index (κ1) is 17.5. The lowest BCUT2D eigenvalue weighted by Gasteiger charge is -2.25. The molecule has 0 bridgehead atoms. The molecule has 6 nitrogen and oxygen atoms in total. The van der Waals surface area contributed by atoms with Crippen LogP contribution in [0.2, 0.25) is 0 Å². The number of fused-ring (bicyclic) bond motifs is 1. The summed E-state index contributed by atoms with van der Waals surface area (Å²) in [7, 11) is 0.